The Labute approximate surface area is 213 Å². The van der Waals surface area contributed by atoms with Crippen LogP contribution in [0.15, 0.2) is 82.1 Å². The lowest BCUT2D eigenvalue weighted by Gasteiger charge is -2.12. The molecule has 1 amide bonds. The lowest BCUT2D eigenvalue weighted by atomic mass is 10.1. The summed E-state index contributed by atoms with van der Waals surface area (Å²) >= 11 is 11.5. The van der Waals surface area contributed by atoms with Gasteiger partial charge in [-0.2, -0.15) is 21.0 Å². The summed E-state index contributed by atoms with van der Waals surface area (Å²) in [4.78, 5) is 17.0. The van der Waals surface area contributed by atoms with E-state index in [0.29, 0.717) is 23.6 Å². The molecule has 0 aliphatic rings. The summed E-state index contributed by atoms with van der Waals surface area (Å²) in [5.41, 5.74) is 5.16. The van der Waals surface area contributed by atoms with E-state index < -0.39 is 0 Å². The maximum atomic E-state index is 12.2. The van der Waals surface area contributed by atoms with E-state index in [9.17, 15) is 4.79 Å². The number of aromatic nitrogens is 3. The molecule has 0 aliphatic carbocycles. The molecule has 3 heterocycles. The Kier molecular flexibility index (Phi) is 6.62. The molecule has 0 aliphatic heterocycles. The Balaban J connectivity index is 1.32. The van der Waals surface area contributed by atoms with Crippen LogP contribution in [-0.4, -0.2) is 20.5 Å². The van der Waals surface area contributed by atoms with E-state index in [2.05, 4.69) is 31.7 Å². The van der Waals surface area contributed by atoms with Gasteiger partial charge in [-0.1, -0.05) is 41.9 Å². The Hall–Kier alpha value is -3.20. The van der Waals surface area contributed by atoms with E-state index in [-0.39, 0.29) is 5.91 Å². The third kappa shape index (κ3) is 4.99. The van der Waals surface area contributed by atoms with Gasteiger partial charge in [0.1, 0.15) is 5.82 Å². The first-order chi connectivity index (χ1) is 16.6. The average molecular weight is 553 g/mol. The maximum absolute atomic E-state index is 12.2. The number of halogens is 2. The highest BCUT2D eigenvalue weighted by atomic mass is 79.9. The minimum Gasteiger partial charge on any atom is -0.366 e. The quantitative estimate of drug-likeness (QED) is 0.237. The highest BCUT2D eigenvalue weighted by Crippen LogP contribution is 2.30. The molecule has 0 atom stereocenters. The molecule has 6 nitrogen and oxygen atoms in total. The lowest BCUT2D eigenvalue weighted by molar-refractivity contribution is -0.115. The van der Waals surface area contributed by atoms with Gasteiger partial charge in [0.05, 0.1) is 22.8 Å². The van der Waals surface area contributed by atoms with Crippen LogP contribution in [0.5, 0.6) is 0 Å². The Morgan fingerprint density at radius 2 is 1.91 bits per heavy atom. The van der Waals surface area contributed by atoms with Crippen LogP contribution >= 0.6 is 38.9 Å². The first-order valence-corrected chi connectivity index (χ1v) is 12.6. The number of carbonyl (C=O) groups excluding carboxylic acids is 1. The van der Waals surface area contributed by atoms with E-state index in [1.54, 1.807) is 22.0 Å². The zero-order valence-corrected chi connectivity index (χ0v) is 21.0. The van der Waals surface area contributed by atoms with Crippen LogP contribution in [0.2, 0.25) is 5.02 Å². The highest BCUT2D eigenvalue weighted by molar-refractivity contribution is 9.10. The normalized spacial score (nSPS) is 11.0. The number of carbonyl (C=O) groups is 1. The second-order valence-corrected chi connectivity index (χ2v) is 9.68. The van der Waals surface area contributed by atoms with Crippen LogP contribution in [0.3, 0.4) is 0 Å². The predicted molar refractivity (Wildman–Crippen MR) is 142 cm³/mol. The van der Waals surface area contributed by atoms with Crippen LogP contribution in [0.25, 0.3) is 16.9 Å². The third-order valence-corrected chi connectivity index (χ3v) is 6.86. The van der Waals surface area contributed by atoms with Crippen LogP contribution < -0.4 is 10.6 Å². The Morgan fingerprint density at radius 3 is 2.68 bits per heavy atom. The maximum Gasteiger partial charge on any atom is 0.228 e. The van der Waals surface area contributed by atoms with Crippen LogP contribution in [0.1, 0.15) is 11.1 Å². The summed E-state index contributed by atoms with van der Waals surface area (Å²) in [6, 6.07) is 19.3. The molecule has 9 heteroatoms. The minimum atomic E-state index is -0.0279. The van der Waals surface area contributed by atoms with Gasteiger partial charge < -0.3 is 10.6 Å². The summed E-state index contributed by atoms with van der Waals surface area (Å²) in [5.74, 6) is 0.763. The molecule has 5 aromatic rings. The van der Waals surface area contributed by atoms with Crippen molar-refractivity contribution in [3.8, 4) is 11.3 Å². The van der Waals surface area contributed by atoms with Gasteiger partial charge in [0.2, 0.25) is 5.91 Å². The topological polar surface area (TPSA) is 71.3 Å². The van der Waals surface area contributed by atoms with Crippen molar-refractivity contribution in [1.82, 2.24) is 14.6 Å². The van der Waals surface area contributed by atoms with Gasteiger partial charge >= 0.3 is 0 Å². The molecule has 170 valence electrons. The van der Waals surface area contributed by atoms with Crippen LogP contribution in [0, 0.1) is 0 Å². The van der Waals surface area contributed by atoms with Crippen molar-refractivity contribution in [2.45, 2.75) is 13.0 Å². The summed E-state index contributed by atoms with van der Waals surface area (Å²) in [6.45, 7) is 0.571. The highest BCUT2D eigenvalue weighted by Gasteiger charge is 2.13. The molecule has 34 heavy (non-hydrogen) atoms. The molecule has 5 rings (SSSR count). The number of nitrogens with one attached hydrogen (secondary N) is 2. The molecular weight excluding hydrogens is 534 g/mol. The van der Waals surface area contributed by atoms with Crippen molar-refractivity contribution in [2.75, 3.05) is 10.6 Å². The molecule has 2 N–H and O–H groups in total. The van der Waals surface area contributed by atoms with Gasteiger partial charge in [0, 0.05) is 28.9 Å². The van der Waals surface area contributed by atoms with Gasteiger partial charge in [-0.3, -0.25) is 4.79 Å². The van der Waals surface area contributed by atoms with Gasteiger partial charge in [0.15, 0.2) is 5.65 Å². The molecule has 2 aromatic carbocycles. The van der Waals surface area contributed by atoms with E-state index in [0.717, 1.165) is 38.4 Å². The first-order valence-electron chi connectivity index (χ1n) is 10.5. The average Bonchev–Trinajstić information content (AvgIpc) is 3.48. The summed E-state index contributed by atoms with van der Waals surface area (Å²) in [6.07, 6.45) is 2.09. The number of hydrogen-bond acceptors (Lipinski definition) is 5. The monoisotopic (exact) mass is 551 g/mol. The lowest BCUT2D eigenvalue weighted by Crippen LogP contribution is -2.14. The standard InChI is InChI=1S/C25H19BrClN5OS/c26-20-14-29-32-23(12-22(31-25(20)32)19-3-1-2-4-21(19)27)28-13-16-5-7-18(8-6-16)30-24(33)11-17-9-10-34-15-17/h1-10,12,14-15,28H,11,13H2,(H,30,33). The Morgan fingerprint density at radius 1 is 1.09 bits per heavy atom. The van der Waals surface area contributed by atoms with Crippen molar-refractivity contribution in [1.29, 1.82) is 0 Å². The number of rotatable bonds is 7. The number of thiophene rings is 1. The number of nitrogens with zero attached hydrogens (tertiary/aromatic N) is 3. The van der Waals surface area contributed by atoms with Crippen molar-refractivity contribution in [3.63, 3.8) is 0 Å². The fraction of sp³-hybridized carbons (Fsp3) is 0.0800. The first kappa shape index (κ1) is 22.6. The van der Waals surface area contributed by atoms with Gasteiger partial charge in [-0.05, 0) is 62.1 Å². The van der Waals surface area contributed by atoms with E-state index in [4.69, 9.17) is 16.6 Å². The van der Waals surface area contributed by atoms with Gasteiger partial charge in [0.25, 0.3) is 0 Å². The SMILES string of the molecule is O=C(Cc1ccsc1)Nc1ccc(CNc2cc(-c3ccccc3Cl)nc3c(Br)cnn23)cc1. The van der Waals surface area contributed by atoms with Crippen molar-refractivity contribution >= 4 is 61.9 Å². The number of fused-ring (bicyclic) bond motifs is 1. The van der Waals surface area contributed by atoms with Crippen LogP contribution in [0.4, 0.5) is 11.5 Å². The van der Waals surface area contributed by atoms with Crippen molar-refractivity contribution < 1.29 is 4.79 Å². The van der Waals surface area contributed by atoms with E-state index in [1.165, 1.54) is 0 Å². The molecule has 3 aromatic heterocycles. The number of anilines is 2. The molecule has 0 unspecified atom stereocenters. The van der Waals surface area contributed by atoms with Gasteiger partial charge in [-0.25, -0.2) is 4.98 Å². The molecule has 0 bridgehead atoms. The zero-order chi connectivity index (χ0) is 23.5. The molecule has 0 spiro atoms. The number of benzene rings is 2. The number of hydrogen-bond donors (Lipinski definition) is 2. The van der Waals surface area contributed by atoms with E-state index in [1.807, 2.05) is 71.4 Å². The van der Waals surface area contributed by atoms with Gasteiger partial charge in [-0.15, -0.1) is 0 Å². The number of amides is 1. The second kappa shape index (κ2) is 9.97. The molecule has 0 radical (unpaired) electrons. The predicted octanol–water partition coefficient (Wildman–Crippen LogP) is 6.67. The van der Waals surface area contributed by atoms with Crippen molar-refractivity contribution in [2.24, 2.45) is 0 Å². The summed E-state index contributed by atoms with van der Waals surface area (Å²) in [5, 5.41) is 15.4. The molecule has 0 saturated carbocycles. The Bertz CT molecular complexity index is 1450. The zero-order valence-electron chi connectivity index (χ0n) is 17.8. The molecule has 0 fully saturated rings. The summed E-state index contributed by atoms with van der Waals surface area (Å²) in [7, 11) is 0. The smallest absolute Gasteiger partial charge is 0.228 e. The summed E-state index contributed by atoms with van der Waals surface area (Å²) < 4.78 is 2.55. The fourth-order valence-corrected chi connectivity index (χ4v) is 4.80. The molecule has 0 saturated heterocycles. The molecular formula is C25H19BrClN5OS. The van der Waals surface area contributed by atoms with E-state index >= 15 is 0 Å². The fourth-order valence-electron chi connectivity index (χ4n) is 3.55. The van der Waals surface area contributed by atoms with Crippen LogP contribution in [-0.2, 0) is 17.8 Å². The van der Waals surface area contributed by atoms with Crippen molar-refractivity contribution in [3.05, 3.63) is 98.2 Å². The third-order valence-electron chi connectivity index (χ3n) is 5.23. The largest absolute Gasteiger partial charge is 0.366 e. The second-order valence-electron chi connectivity index (χ2n) is 7.64. The minimum absolute atomic E-state index is 0.0279.